The van der Waals surface area contributed by atoms with E-state index in [0.717, 1.165) is 0 Å². The third-order valence-corrected chi connectivity index (χ3v) is 3.68. The van der Waals surface area contributed by atoms with Crippen molar-refractivity contribution in [3.05, 3.63) is 63.1 Å². The molecule has 0 fully saturated rings. The maximum atomic E-state index is 9.55. The molecule has 1 unspecified atom stereocenters. The van der Waals surface area contributed by atoms with Gasteiger partial charge in [0, 0.05) is 5.02 Å². The molecule has 0 spiro atoms. The fourth-order valence-corrected chi connectivity index (χ4v) is 2.57. The first kappa shape index (κ1) is 15.9. The third-order valence-electron chi connectivity index (χ3n) is 3.34. The van der Waals surface area contributed by atoms with Crippen molar-refractivity contribution in [3.63, 3.8) is 0 Å². The van der Waals surface area contributed by atoms with Gasteiger partial charge in [0.25, 0.3) is 0 Å². The predicted octanol–water partition coefficient (Wildman–Crippen LogP) is 2.20. The van der Waals surface area contributed by atoms with Crippen LogP contribution in [0, 0.1) is 39.4 Å². The summed E-state index contributed by atoms with van der Waals surface area (Å²) in [6.45, 7) is 0. The Morgan fingerprint density at radius 3 is 2.35 bits per heavy atom. The minimum atomic E-state index is -0.813. The molecule has 1 heterocycles. The first-order valence-corrected chi connectivity index (χ1v) is 6.72. The topological polar surface area (TPSA) is 133 Å². The standard InChI is InChI=1S/C16H9ClN6/c17-13-4-2-1-3-10(13)14-11(7-20)15(9(5-18)6-19)23-16(22)12(14)8-21/h1-4,14,18,23H,22H2. The van der Waals surface area contributed by atoms with E-state index in [-0.39, 0.29) is 28.2 Å². The normalized spacial score (nSPS) is 16.5. The number of benzene rings is 1. The molecular formula is C16H9ClN6. The molecule has 1 atom stereocenters. The molecule has 110 valence electrons. The van der Waals surface area contributed by atoms with Gasteiger partial charge in [-0.2, -0.15) is 15.8 Å². The van der Waals surface area contributed by atoms with Crippen molar-refractivity contribution in [1.29, 1.82) is 21.2 Å². The van der Waals surface area contributed by atoms with E-state index in [1.165, 1.54) is 0 Å². The number of halogens is 1. The van der Waals surface area contributed by atoms with E-state index in [1.807, 2.05) is 18.0 Å². The lowest BCUT2D eigenvalue weighted by Crippen LogP contribution is -2.31. The van der Waals surface area contributed by atoms with Gasteiger partial charge in [0.05, 0.1) is 34.9 Å². The Labute approximate surface area is 137 Å². The van der Waals surface area contributed by atoms with Crippen LogP contribution in [-0.4, -0.2) is 5.87 Å². The van der Waals surface area contributed by atoms with Gasteiger partial charge in [0.2, 0.25) is 0 Å². The lowest BCUT2D eigenvalue weighted by Gasteiger charge is -2.26. The van der Waals surface area contributed by atoms with Crippen molar-refractivity contribution in [2.45, 2.75) is 5.92 Å². The van der Waals surface area contributed by atoms with Gasteiger partial charge in [-0.05, 0) is 17.5 Å². The highest BCUT2D eigenvalue weighted by atomic mass is 35.5. The van der Waals surface area contributed by atoms with E-state index < -0.39 is 5.92 Å². The van der Waals surface area contributed by atoms with E-state index in [0.29, 0.717) is 10.6 Å². The molecule has 0 radical (unpaired) electrons. The van der Waals surface area contributed by atoms with Crippen molar-refractivity contribution in [3.8, 4) is 18.2 Å². The second kappa shape index (κ2) is 6.52. The summed E-state index contributed by atoms with van der Waals surface area (Å²) in [5.74, 6) is 1.16. The lowest BCUT2D eigenvalue weighted by molar-refractivity contribution is 0.817. The van der Waals surface area contributed by atoms with Crippen LogP contribution in [0.1, 0.15) is 11.5 Å². The molecule has 0 bridgehead atoms. The van der Waals surface area contributed by atoms with Gasteiger partial charge in [-0.25, -0.2) is 0 Å². The number of hydrogen-bond donors (Lipinski definition) is 3. The van der Waals surface area contributed by atoms with Crippen molar-refractivity contribution in [1.82, 2.24) is 5.32 Å². The van der Waals surface area contributed by atoms with E-state index >= 15 is 0 Å². The average Bonchev–Trinajstić information content (AvgIpc) is 2.56. The van der Waals surface area contributed by atoms with Crippen LogP contribution in [-0.2, 0) is 0 Å². The van der Waals surface area contributed by atoms with Crippen molar-refractivity contribution < 1.29 is 0 Å². The Bertz CT molecular complexity index is 913. The van der Waals surface area contributed by atoms with Gasteiger partial charge >= 0.3 is 0 Å². The number of nitrogens with two attached hydrogens (primary N) is 1. The number of nitriles is 3. The fourth-order valence-electron chi connectivity index (χ4n) is 2.32. The molecule has 6 nitrogen and oxygen atoms in total. The number of allylic oxidation sites excluding steroid dienone is 3. The van der Waals surface area contributed by atoms with Gasteiger partial charge in [-0.3, -0.25) is 5.41 Å². The number of hydrogen-bond acceptors (Lipinski definition) is 6. The van der Waals surface area contributed by atoms with Crippen LogP contribution in [0.2, 0.25) is 5.02 Å². The molecule has 2 rings (SSSR count). The Morgan fingerprint density at radius 1 is 1.17 bits per heavy atom. The summed E-state index contributed by atoms with van der Waals surface area (Å²) in [7, 11) is 0. The molecule has 1 aliphatic heterocycles. The summed E-state index contributed by atoms with van der Waals surface area (Å²) in [6, 6.07) is 12.5. The van der Waals surface area contributed by atoms with Crippen molar-refractivity contribution in [2.75, 3.05) is 0 Å². The highest BCUT2D eigenvalue weighted by Gasteiger charge is 2.33. The summed E-state index contributed by atoms with van der Waals surface area (Å²) in [5, 5.41) is 38.3. The van der Waals surface area contributed by atoms with Crippen molar-refractivity contribution in [2.24, 2.45) is 5.73 Å². The Hall–Kier alpha value is -3.49. The van der Waals surface area contributed by atoms with E-state index in [2.05, 4.69) is 5.32 Å². The highest BCUT2D eigenvalue weighted by molar-refractivity contribution is 6.31. The molecule has 0 saturated heterocycles. The van der Waals surface area contributed by atoms with Gasteiger partial charge in [-0.1, -0.05) is 29.8 Å². The van der Waals surface area contributed by atoms with Crippen LogP contribution in [0.15, 0.2) is 52.5 Å². The fraction of sp³-hybridized carbons (Fsp3) is 0.0625. The smallest absolute Gasteiger partial charge is 0.137 e. The molecular weight excluding hydrogens is 312 g/mol. The van der Waals surface area contributed by atoms with Crippen LogP contribution in [0.4, 0.5) is 0 Å². The summed E-state index contributed by atoms with van der Waals surface area (Å²) in [6.07, 6.45) is 0. The van der Waals surface area contributed by atoms with E-state index in [4.69, 9.17) is 28.0 Å². The van der Waals surface area contributed by atoms with E-state index in [1.54, 1.807) is 30.3 Å². The van der Waals surface area contributed by atoms with Crippen LogP contribution in [0.25, 0.3) is 0 Å². The Kier molecular flexibility index (Phi) is 4.50. The van der Waals surface area contributed by atoms with Gasteiger partial charge in [0.15, 0.2) is 0 Å². The quantitative estimate of drug-likeness (QED) is 0.567. The van der Waals surface area contributed by atoms with Gasteiger partial charge in [0.1, 0.15) is 17.5 Å². The first-order chi connectivity index (χ1) is 11.1. The summed E-state index contributed by atoms with van der Waals surface area (Å²) >= 11 is 6.20. The van der Waals surface area contributed by atoms with Crippen LogP contribution in [0.5, 0.6) is 0 Å². The summed E-state index contributed by atoms with van der Waals surface area (Å²) in [4.78, 5) is 0. The van der Waals surface area contributed by atoms with Gasteiger partial charge in [-0.15, -0.1) is 0 Å². The molecule has 7 heteroatoms. The lowest BCUT2D eigenvalue weighted by atomic mass is 9.81. The first-order valence-electron chi connectivity index (χ1n) is 6.34. The third kappa shape index (κ3) is 2.67. The monoisotopic (exact) mass is 320 g/mol. The Balaban J connectivity index is 2.82. The second-order valence-corrected chi connectivity index (χ2v) is 4.94. The molecule has 0 aliphatic carbocycles. The molecule has 0 aromatic heterocycles. The second-order valence-electron chi connectivity index (χ2n) is 4.53. The zero-order chi connectivity index (χ0) is 17.0. The SMILES string of the molecule is N#CC(=C=N)C1=C(C#N)C(c2ccccc2Cl)C(C#N)=C(N)N1. The molecule has 0 amide bonds. The number of dihydropyridines is 1. The molecule has 1 aromatic carbocycles. The highest BCUT2D eigenvalue weighted by Crippen LogP contribution is 2.40. The average molecular weight is 321 g/mol. The van der Waals surface area contributed by atoms with Gasteiger partial charge < -0.3 is 11.1 Å². The molecule has 1 aromatic rings. The maximum Gasteiger partial charge on any atom is 0.137 e. The minimum Gasteiger partial charge on any atom is -0.384 e. The number of nitrogens with zero attached hydrogens (tertiary/aromatic N) is 3. The maximum absolute atomic E-state index is 9.55. The summed E-state index contributed by atoms with van der Waals surface area (Å²) in [5.41, 5.74) is 6.48. The largest absolute Gasteiger partial charge is 0.384 e. The zero-order valence-electron chi connectivity index (χ0n) is 11.7. The van der Waals surface area contributed by atoms with Crippen LogP contribution >= 0.6 is 11.6 Å². The van der Waals surface area contributed by atoms with Crippen molar-refractivity contribution >= 4 is 17.5 Å². The van der Waals surface area contributed by atoms with Crippen LogP contribution < -0.4 is 11.1 Å². The van der Waals surface area contributed by atoms with E-state index in [9.17, 15) is 10.5 Å². The number of nitrogens with one attached hydrogen (secondary N) is 2. The predicted molar refractivity (Wildman–Crippen MR) is 83.6 cm³/mol. The molecule has 0 saturated carbocycles. The summed E-state index contributed by atoms with van der Waals surface area (Å²) < 4.78 is 0. The molecule has 23 heavy (non-hydrogen) atoms. The zero-order valence-corrected chi connectivity index (χ0v) is 12.4. The molecule has 1 aliphatic rings. The molecule has 4 N–H and O–H groups in total. The van der Waals surface area contributed by atoms with Crippen LogP contribution in [0.3, 0.4) is 0 Å². The number of rotatable bonds is 2. The minimum absolute atomic E-state index is 0.00872. The Morgan fingerprint density at radius 2 is 1.83 bits per heavy atom.